The van der Waals surface area contributed by atoms with Crippen molar-refractivity contribution >= 4 is 89.6 Å². The fourth-order valence-electron chi connectivity index (χ4n) is 3.77. The van der Waals surface area contributed by atoms with Gasteiger partial charge in [-0.05, 0) is 38.1 Å². The molecule has 0 aliphatic rings. The molecule has 0 spiro atoms. The number of anilines is 1. The van der Waals surface area contributed by atoms with Crippen LogP contribution in [0.5, 0.6) is 0 Å². The van der Waals surface area contributed by atoms with E-state index in [1.807, 2.05) is 32.0 Å². The minimum Gasteiger partial charge on any atom is -0.394 e. The molecular formula is C32H66Cl2IN5O20S. The van der Waals surface area contributed by atoms with Crippen LogP contribution in [0.3, 0.4) is 0 Å². The van der Waals surface area contributed by atoms with Gasteiger partial charge in [0.25, 0.3) is 0 Å². The van der Waals surface area contributed by atoms with Gasteiger partial charge in [0.05, 0.1) is 44.5 Å². The standard InChI is InChI=1S/C14H22N2O.3C6H13NO5.2ClH.HI.H2O4S/c1-5-16(6-2)10-13(17)15-14-11(3)8-7-9-12(14)4;3*7-3(1-8)5(11)6(12)4(10)2-9;;;;1-5(2,3)4/h7-9H,5-6,10H2,1-4H3,(H,15,17);3*1,3-6,9-12H,2,7H2;3*1H;(H2,1,2,3,4)/t;3*3-,4+,5+,6+;;;;/m.000..../s1. The first-order valence-corrected chi connectivity index (χ1v) is 18.5. The predicted octanol–water partition coefficient (Wildman–Crippen LogP) is -6.84. The lowest BCUT2D eigenvalue weighted by Gasteiger charge is -2.23. The molecule has 1 aromatic rings. The Hall–Kier alpha value is -1.76. The first-order chi connectivity index (χ1) is 26.7. The molecule has 0 radical (unpaired) electrons. The third kappa shape index (κ3) is 35.3. The fourth-order valence-corrected chi connectivity index (χ4v) is 3.77. The number of para-hydroxylation sites is 1. The van der Waals surface area contributed by atoms with Crippen molar-refractivity contribution in [1.82, 2.24) is 4.90 Å². The average Bonchev–Trinajstić information content (AvgIpc) is 3.20. The lowest BCUT2D eigenvalue weighted by atomic mass is 10.0. The van der Waals surface area contributed by atoms with Crippen LogP contribution in [0.2, 0.25) is 0 Å². The number of aldehydes is 3. The monoisotopic (exact) mass is 1070 g/mol. The summed E-state index contributed by atoms with van der Waals surface area (Å²) < 4.78 is 31.6. The SMILES string of the molecule is CCN(CC)CC(=O)Nc1c(C)cccc1C.Cl.Cl.I.N[C@@H](C=O)[C@@H](O)[C@H](O)[C@H](O)CO.N[C@@H](C=O)[C@@H](O)[C@H](O)[C@H](O)CO.N[C@@H](C=O)[C@@H](O)[C@H](O)[C@H](O)CO.O=S(=O)(O)O. The molecule has 1 amide bonds. The van der Waals surface area contributed by atoms with E-state index in [4.69, 9.17) is 96.0 Å². The van der Waals surface area contributed by atoms with Crippen LogP contribution in [-0.4, -0.2) is 221 Å². The number of rotatable bonds is 20. The molecule has 12 atom stereocenters. The molecule has 0 saturated heterocycles. The average molecular weight is 1070 g/mol. The van der Waals surface area contributed by atoms with Gasteiger partial charge in [-0.3, -0.25) is 18.8 Å². The van der Waals surface area contributed by atoms with Crippen molar-refractivity contribution in [2.24, 2.45) is 17.2 Å². The molecule has 29 heteroatoms. The van der Waals surface area contributed by atoms with Gasteiger partial charge in [0.15, 0.2) is 0 Å². The van der Waals surface area contributed by atoms with E-state index in [-0.39, 0.29) is 73.6 Å². The Morgan fingerprint density at radius 3 is 1.08 bits per heavy atom. The van der Waals surface area contributed by atoms with Crippen LogP contribution in [0.1, 0.15) is 25.0 Å². The number of carbonyl (C=O) groups is 4. The maximum absolute atomic E-state index is 11.9. The van der Waals surface area contributed by atoms with E-state index in [1.54, 1.807) is 0 Å². The number of amides is 1. The zero-order valence-corrected chi connectivity index (χ0v) is 38.4. The van der Waals surface area contributed by atoms with Gasteiger partial charge in [-0.25, -0.2) is 0 Å². The Balaban J connectivity index is -0.000000122. The predicted molar refractivity (Wildman–Crippen MR) is 234 cm³/mol. The van der Waals surface area contributed by atoms with Gasteiger partial charge in [-0.1, -0.05) is 32.0 Å². The fraction of sp³-hybridized carbons (Fsp3) is 0.688. The first kappa shape index (κ1) is 73.6. The van der Waals surface area contributed by atoms with Crippen molar-refractivity contribution in [3.63, 3.8) is 0 Å². The van der Waals surface area contributed by atoms with E-state index in [9.17, 15) is 19.2 Å². The molecule has 0 fully saturated rings. The van der Waals surface area contributed by atoms with Gasteiger partial charge >= 0.3 is 10.4 Å². The van der Waals surface area contributed by atoms with Crippen molar-refractivity contribution in [3.05, 3.63) is 29.3 Å². The largest absolute Gasteiger partial charge is 0.394 e. The molecule has 0 saturated carbocycles. The molecule has 0 heterocycles. The number of aliphatic hydroxyl groups is 12. The maximum Gasteiger partial charge on any atom is 0.394 e. The first-order valence-electron chi connectivity index (χ1n) is 17.1. The Bertz CT molecular complexity index is 1280. The normalized spacial score (nSPS) is 16.4. The number of likely N-dealkylation sites (N-methyl/N-ethyl adjacent to an activating group) is 1. The van der Waals surface area contributed by atoms with Crippen molar-refractivity contribution in [2.75, 3.05) is 44.8 Å². The summed E-state index contributed by atoms with van der Waals surface area (Å²) in [5.41, 5.74) is 18.3. The molecule has 366 valence electrons. The minimum atomic E-state index is -4.67. The van der Waals surface area contributed by atoms with Crippen molar-refractivity contribution in [1.29, 1.82) is 0 Å². The maximum atomic E-state index is 11.9. The topological polar surface area (TPSA) is 479 Å². The van der Waals surface area contributed by atoms with Gasteiger partial charge < -0.3 is 98.2 Å². The van der Waals surface area contributed by atoms with Crippen molar-refractivity contribution < 1.29 is 98.0 Å². The van der Waals surface area contributed by atoms with Crippen LogP contribution in [-0.2, 0) is 29.6 Å². The molecular weight excluding hydrogens is 1000 g/mol. The Kier molecular flexibility index (Phi) is 49.5. The second-order valence-corrected chi connectivity index (χ2v) is 13.0. The van der Waals surface area contributed by atoms with E-state index >= 15 is 0 Å². The molecule has 1 rings (SSSR count). The molecule has 1 aromatic carbocycles. The molecule has 25 nitrogen and oxygen atoms in total. The highest BCUT2D eigenvalue weighted by Crippen LogP contribution is 2.19. The van der Waals surface area contributed by atoms with Crippen molar-refractivity contribution in [2.45, 2.75) is 101 Å². The summed E-state index contributed by atoms with van der Waals surface area (Å²) in [6, 6.07) is 2.24. The van der Waals surface area contributed by atoms with Crippen LogP contribution < -0.4 is 22.5 Å². The number of hydrogen-bond acceptors (Lipinski definition) is 22. The summed E-state index contributed by atoms with van der Waals surface area (Å²) in [5, 5.41) is 108. The van der Waals surface area contributed by atoms with Crippen LogP contribution in [0.4, 0.5) is 5.69 Å². The molecule has 0 bridgehead atoms. The van der Waals surface area contributed by atoms with Crippen LogP contribution in [0.25, 0.3) is 0 Å². The number of hydrogen-bond donors (Lipinski definition) is 18. The number of aryl methyl sites for hydroxylation is 2. The number of nitrogens with zero attached hydrogens (tertiary/aromatic N) is 1. The molecule has 0 unspecified atom stereocenters. The third-order valence-electron chi connectivity index (χ3n) is 7.46. The summed E-state index contributed by atoms with van der Waals surface area (Å²) in [7, 11) is -4.67. The van der Waals surface area contributed by atoms with E-state index in [0.29, 0.717) is 6.54 Å². The van der Waals surface area contributed by atoms with Crippen molar-refractivity contribution in [3.8, 4) is 0 Å². The van der Waals surface area contributed by atoms with E-state index in [1.165, 1.54) is 0 Å². The molecule has 0 aliphatic heterocycles. The third-order valence-corrected chi connectivity index (χ3v) is 7.46. The second-order valence-electron chi connectivity index (χ2n) is 12.1. The van der Waals surface area contributed by atoms with Gasteiger partial charge in [0, 0.05) is 5.69 Å². The quantitative estimate of drug-likeness (QED) is 0.0328. The number of halogens is 3. The highest BCUT2D eigenvalue weighted by molar-refractivity contribution is 14.0. The smallest absolute Gasteiger partial charge is 0.394 e. The van der Waals surface area contributed by atoms with Gasteiger partial charge in [-0.15, -0.1) is 48.8 Å². The highest BCUT2D eigenvalue weighted by atomic mass is 127. The number of aliphatic hydroxyl groups excluding tert-OH is 12. The summed E-state index contributed by atoms with van der Waals surface area (Å²) in [6.07, 6.45) is -13.3. The zero-order valence-electron chi connectivity index (χ0n) is 33.7. The number of carbonyl (C=O) groups excluding carboxylic acids is 4. The van der Waals surface area contributed by atoms with Gasteiger partial charge in [-0.2, -0.15) is 8.42 Å². The summed E-state index contributed by atoms with van der Waals surface area (Å²) in [5.74, 6) is 0.0612. The molecule has 0 aromatic heterocycles. The second kappa shape index (κ2) is 41.0. The molecule has 61 heavy (non-hydrogen) atoms. The Morgan fingerprint density at radius 2 is 0.885 bits per heavy atom. The number of nitrogens with two attached hydrogens (primary N) is 3. The van der Waals surface area contributed by atoms with E-state index in [2.05, 4.69) is 24.1 Å². The van der Waals surface area contributed by atoms with Crippen LogP contribution in [0, 0.1) is 13.8 Å². The Labute approximate surface area is 383 Å². The summed E-state index contributed by atoms with van der Waals surface area (Å²) in [4.78, 5) is 44.1. The van der Waals surface area contributed by atoms with Crippen LogP contribution in [0.15, 0.2) is 18.2 Å². The van der Waals surface area contributed by atoms with E-state index in [0.717, 1.165) is 29.9 Å². The van der Waals surface area contributed by atoms with Crippen LogP contribution >= 0.6 is 48.8 Å². The van der Waals surface area contributed by atoms with Gasteiger partial charge in [0.1, 0.15) is 73.8 Å². The lowest BCUT2D eigenvalue weighted by molar-refractivity contribution is -0.118. The number of benzene rings is 1. The van der Waals surface area contributed by atoms with Gasteiger partial charge in [0.2, 0.25) is 5.91 Å². The number of nitrogens with one attached hydrogen (secondary N) is 1. The zero-order chi connectivity index (χ0) is 46.5. The highest BCUT2D eigenvalue weighted by Gasteiger charge is 2.30. The summed E-state index contributed by atoms with van der Waals surface area (Å²) in [6.45, 7) is 8.30. The lowest BCUT2D eigenvalue weighted by Crippen LogP contribution is -2.49. The minimum absolute atomic E-state index is 0. The van der Waals surface area contributed by atoms with E-state index < -0.39 is 103 Å². The Morgan fingerprint density at radius 1 is 0.639 bits per heavy atom. The molecule has 21 N–H and O–H groups in total. The summed E-state index contributed by atoms with van der Waals surface area (Å²) >= 11 is 0. The molecule has 0 aliphatic carbocycles.